The number of carbonyl (C=O) groups is 2. The molecule has 0 N–H and O–H groups in total. The molecule has 1 fully saturated rings. The number of hydrogen-bond acceptors (Lipinski definition) is 4. The third-order valence-corrected chi connectivity index (χ3v) is 5.84. The standard InChI is InChI=1S/C25H30N2O4/c1-19-5-2-6-21(17-19)25(29)27-12-3-11-26(13-14-27)24(28)10-8-20-7-9-22-23(18-20)31-16-4-15-30-22/h2,5-7,9,17-18H,3-4,8,10-16H2,1H3. The lowest BCUT2D eigenvalue weighted by molar-refractivity contribution is -0.131. The summed E-state index contributed by atoms with van der Waals surface area (Å²) in [4.78, 5) is 29.4. The first-order valence-electron chi connectivity index (χ1n) is 11.1. The predicted molar refractivity (Wildman–Crippen MR) is 119 cm³/mol. The molecule has 4 rings (SSSR count). The Kier molecular flexibility index (Phi) is 6.75. The van der Waals surface area contributed by atoms with E-state index in [9.17, 15) is 9.59 Å². The average molecular weight is 423 g/mol. The summed E-state index contributed by atoms with van der Waals surface area (Å²) in [6.07, 6.45) is 2.79. The van der Waals surface area contributed by atoms with Crippen molar-refractivity contribution in [3.05, 3.63) is 59.2 Å². The van der Waals surface area contributed by atoms with Gasteiger partial charge in [-0.3, -0.25) is 9.59 Å². The van der Waals surface area contributed by atoms with E-state index in [2.05, 4.69) is 0 Å². The first-order valence-corrected chi connectivity index (χ1v) is 11.1. The monoisotopic (exact) mass is 422 g/mol. The first-order chi connectivity index (χ1) is 15.1. The molecule has 0 spiro atoms. The normalized spacial score (nSPS) is 16.4. The molecule has 2 heterocycles. The minimum Gasteiger partial charge on any atom is -0.490 e. The van der Waals surface area contributed by atoms with Gasteiger partial charge in [-0.25, -0.2) is 0 Å². The van der Waals surface area contributed by atoms with Crippen LogP contribution in [0.1, 0.15) is 40.7 Å². The van der Waals surface area contributed by atoms with E-state index in [1.165, 1.54) is 0 Å². The van der Waals surface area contributed by atoms with E-state index in [-0.39, 0.29) is 11.8 Å². The average Bonchev–Trinajstić information content (AvgIpc) is 3.17. The summed E-state index contributed by atoms with van der Waals surface area (Å²) >= 11 is 0. The maximum atomic E-state index is 12.8. The van der Waals surface area contributed by atoms with Gasteiger partial charge in [-0.15, -0.1) is 0 Å². The van der Waals surface area contributed by atoms with Gasteiger partial charge in [-0.1, -0.05) is 23.8 Å². The molecule has 2 amide bonds. The number of rotatable bonds is 4. The van der Waals surface area contributed by atoms with Crippen molar-refractivity contribution in [3.8, 4) is 11.5 Å². The Labute approximate surface area is 183 Å². The van der Waals surface area contributed by atoms with Gasteiger partial charge in [0.15, 0.2) is 11.5 Å². The van der Waals surface area contributed by atoms with Gasteiger partial charge < -0.3 is 19.3 Å². The summed E-state index contributed by atoms with van der Waals surface area (Å²) in [6.45, 7) is 5.84. The fourth-order valence-electron chi connectivity index (χ4n) is 4.10. The van der Waals surface area contributed by atoms with Crippen LogP contribution < -0.4 is 9.47 Å². The van der Waals surface area contributed by atoms with Gasteiger partial charge in [-0.05, 0) is 49.6 Å². The molecule has 0 saturated carbocycles. The Hall–Kier alpha value is -3.02. The molecular formula is C25H30N2O4. The number of ether oxygens (including phenoxy) is 2. The topological polar surface area (TPSA) is 59.1 Å². The quantitative estimate of drug-likeness (QED) is 0.757. The van der Waals surface area contributed by atoms with Crippen molar-refractivity contribution < 1.29 is 19.1 Å². The highest BCUT2D eigenvalue weighted by Crippen LogP contribution is 2.30. The maximum absolute atomic E-state index is 12.8. The highest BCUT2D eigenvalue weighted by molar-refractivity contribution is 5.94. The lowest BCUT2D eigenvalue weighted by atomic mass is 10.1. The smallest absolute Gasteiger partial charge is 0.253 e. The molecule has 0 radical (unpaired) electrons. The summed E-state index contributed by atoms with van der Waals surface area (Å²) in [7, 11) is 0. The molecule has 6 nitrogen and oxygen atoms in total. The molecule has 2 aromatic rings. The molecule has 2 aromatic carbocycles. The summed E-state index contributed by atoms with van der Waals surface area (Å²) in [6, 6.07) is 13.6. The van der Waals surface area contributed by atoms with Crippen molar-refractivity contribution in [2.45, 2.75) is 32.6 Å². The Bertz CT molecular complexity index is 943. The van der Waals surface area contributed by atoms with Gasteiger partial charge in [-0.2, -0.15) is 0 Å². The Morgan fingerprint density at radius 3 is 2.48 bits per heavy atom. The second-order valence-corrected chi connectivity index (χ2v) is 8.23. The molecule has 0 unspecified atom stereocenters. The lowest BCUT2D eigenvalue weighted by Gasteiger charge is -2.22. The third kappa shape index (κ3) is 5.37. The second kappa shape index (κ2) is 9.86. The molecule has 0 aromatic heterocycles. The predicted octanol–water partition coefficient (Wildman–Crippen LogP) is 3.46. The second-order valence-electron chi connectivity index (χ2n) is 8.23. The number of aryl methyl sites for hydroxylation is 2. The van der Waals surface area contributed by atoms with Crippen LogP contribution in [0.25, 0.3) is 0 Å². The molecule has 31 heavy (non-hydrogen) atoms. The molecule has 0 bridgehead atoms. The Morgan fingerprint density at radius 2 is 1.65 bits per heavy atom. The van der Waals surface area contributed by atoms with Crippen LogP contribution in [0.4, 0.5) is 0 Å². The molecule has 1 saturated heterocycles. The lowest BCUT2D eigenvalue weighted by Crippen LogP contribution is -2.37. The van der Waals surface area contributed by atoms with Crippen molar-refractivity contribution in [2.75, 3.05) is 39.4 Å². The van der Waals surface area contributed by atoms with E-state index < -0.39 is 0 Å². The fourth-order valence-corrected chi connectivity index (χ4v) is 4.10. The molecule has 164 valence electrons. The highest BCUT2D eigenvalue weighted by Gasteiger charge is 2.23. The van der Waals surface area contributed by atoms with Crippen molar-refractivity contribution >= 4 is 11.8 Å². The Morgan fingerprint density at radius 1 is 0.871 bits per heavy atom. The minimum absolute atomic E-state index is 0.0465. The zero-order valence-electron chi connectivity index (χ0n) is 18.1. The number of hydrogen-bond donors (Lipinski definition) is 0. The summed E-state index contributed by atoms with van der Waals surface area (Å²) in [5.74, 6) is 1.73. The molecule has 2 aliphatic rings. The van der Waals surface area contributed by atoms with Crippen LogP contribution in [0.5, 0.6) is 11.5 Å². The largest absolute Gasteiger partial charge is 0.490 e. The molecule has 2 aliphatic heterocycles. The van der Waals surface area contributed by atoms with Gasteiger partial charge >= 0.3 is 0 Å². The number of amides is 2. The molecular weight excluding hydrogens is 392 g/mol. The minimum atomic E-state index is 0.0465. The first kappa shape index (κ1) is 21.2. The van der Waals surface area contributed by atoms with Crippen LogP contribution in [0.2, 0.25) is 0 Å². The summed E-state index contributed by atoms with van der Waals surface area (Å²) in [5, 5.41) is 0. The molecule has 0 atom stereocenters. The zero-order chi connectivity index (χ0) is 21.6. The van der Waals surface area contributed by atoms with Gasteiger partial charge in [0.2, 0.25) is 5.91 Å². The van der Waals surface area contributed by atoms with Crippen molar-refractivity contribution in [1.29, 1.82) is 0 Å². The SMILES string of the molecule is Cc1cccc(C(=O)N2CCCN(C(=O)CCc3ccc4c(c3)OCCCO4)CC2)c1. The van der Waals surface area contributed by atoms with Gasteiger partial charge in [0.05, 0.1) is 13.2 Å². The number of fused-ring (bicyclic) bond motifs is 1. The maximum Gasteiger partial charge on any atom is 0.253 e. The van der Waals surface area contributed by atoms with E-state index in [0.29, 0.717) is 57.8 Å². The number of benzene rings is 2. The summed E-state index contributed by atoms with van der Waals surface area (Å²) in [5.41, 5.74) is 2.87. The Balaban J connectivity index is 1.31. The van der Waals surface area contributed by atoms with E-state index in [0.717, 1.165) is 35.5 Å². The van der Waals surface area contributed by atoms with E-state index >= 15 is 0 Å². The van der Waals surface area contributed by atoms with Crippen LogP contribution in [0.15, 0.2) is 42.5 Å². The van der Waals surface area contributed by atoms with Crippen molar-refractivity contribution in [1.82, 2.24) is 9.80 Å². The van der Waals surface area contributed by atoms with Gasteiger partial charge in [0.1, 0.15) is 0 Å². The summed E-state index contributed by atoms with van der Waals surface area (Å²) < 4.78 is 11.4. The number of nitrogens with zero attached hydrogens (tertiary/aromatic N) is 2. The molecule has 6 heteroatoms. The van der Waals surface area contributed by atoms with E-state index in [1.807, 2.05) is 59.2 Å². The van der Waals surface area contributed by atoms with E-state index in [1.54, 1.807) is 0 Å². The third-order valence-electron chi connectivity index (χ3n) is 5.84. The zero-order valence-corrected chi connectivity index (χ0v) is 18.1. The van der Waals surface area contributed by atoms with Gasteiger partial charge in [0.25, 0.3) is 5.91 Å². The van der Waals surface area contributed by atoms with Crippen LogP contribution in [-0.4, -0.2) is 61.0 Å². The fraction of sp³-hybridized carbons (Fsp3) is 0.440. The number of carbonyl (C=O) groups excluding carboxylic acids is 2. The van der Waals surface area contributed by atoms with Gasteiger partial charge in [0, 0.05) is 44.6 Å². The van der Waals surface area contributed by atoms with Crippen LogP contribution in [0, 0.1) is 6.92 Å². The van der Waals surface area contributed by atoms with Crippen LogP contribution in [0.3, 0.4) is 0 Å². The van der Waals surface area contributed by atoms with Crippen molar-refractivity contribution in [3.63, 3.8) is 0 Å². The van der Waals surface area contributed by atoms with E-state index in [4.69, 9.17) is 9.47 Å². The van der Waals surface area contributed by atoms with Crippen LogP contribution >= 0.6 is 0 Å². The van der Waals surface area contributed by atoms with Crippen LogP contribution in [-0.2, 0) is 11.2 Å². The highest BCUT2D eigenvalue weighted by atomic mass is 16.5. The van der Waals surface area contributed by atoms with Crippen molar-refractivity contribution in [2.24, 2.45) is 0 Å². The molecule has 0 aliphatic carbocycles.